The summed E-state index contributed by atoms with van der Waals surface area (Å²) in [5, 5.41) is 0. The maximum atomic E-state index is 12.5. The Bertz CT molecular complexity index is 736. The Balaban J connectivity index is 2.25. The summed E-state index contributed by atoms with van der Waals surface area (Å²) in [6, 6.07) is 10.0. The summed E-state index contributed by atoms with van der Waals surface area (Å²) in [6.45, 7) is 4.00. The average molecular weight is 411 g/mol. The van der Waals surface area contributed by atoms with E-state index in [0.29, 0.717) is 5.75 Å². The van der Waals surface area contributed by atoms with Gasteiger partial charge in [0.1, 0.15) is 4.32 Å². The number of aromatic nitrogens is 1. The van der Waals surface area contributed by atoms with Gasteiger partial charge in [0.25, 0.3) is 0 Å². The number of benzene rings is 1. The number of carbonyl (C=O) groups is 1. The van der Waals surface area contributed by atoms with Crippen molar-refractivity contribution in [1.82, 2.24) is 9.47 Å². The van der Waals surface area contributed by atoms with Crippen molar-refractivity contribution in [3.8, 4) is 5.69 Å². The van der Waals surface area contributed by atoms with Gasteiger partial charge in [0.15, 0.2) is 5.78 Å². The number of thiocarbonyl (C=S) groups is 1. The molecule has 0 aliphatic heterocycles. The molecule has 0 amide bonds. The fraction of sp³-hybridized carbons (Fsp3) is 0.294. The van der Waals surface area contributed by atoms with Gasteiger partial charge < -0.3 is 9.47 Å². The Morgan fingerprint density at radius 1 is 1.26 bits per heavy atom. The van der Waals surface area contributed by atoms with E-state index in [1.165, 1.54) is 11.8 Å². The van der Waals surface area contributed by atoms with Gasteiger partial charge in [0.05, 0.1) is 5.75 Å². The highest BCUT2D eigenvalue weighted by atomic mass is 79.9. The van der Waals surface area contributed by atoms with Crippen LogP contribution in [0.15, 0.2) is 34.8 Å². The molecule has 122 valence electrons. The molecule has 0 fully saturated rings. The first-order chi connectivity index (χ1) is 10.8. The first-order valence-electron chi connectivity index (χ1n) is 7.13. The number of rotatable bonds is 4. The van der Waals surface area contributed by atoms with Gasteiger partial charge >= 0.3 is 0 Å². The predicted octanol–water partition coefficient (Wildman–Crippen LogP) is 4.62. The number of hydrogen-bond donors (Lipinski definition) is 0. The predicted molar refractivity (Wildman–Crippen MR) is 106 cm³/mol. The van der Waals surface area contributed by atoms with Crippen molar-refractivity contribution < 1.29 is 4.79 Å². The monoisotopic (exact) mass is 410 g/mol. The first kappa shape index (κ1) is 18.2. The van der Waals surface area contributed by atoms with E-state index in [1.807, 2.05) is 63.2 Å². The van der Waals surface area contributed by atoms with Crippen LogP contribution in [0.2, 0.25) is 0 Å². The van der Waals surface area contributed by atoms with Gasteiger partial charge in [-0.05, 0) is 44.2 Å². The molecule has 1 aromatic carbocycles. The van der Waals surface area contributed by atoms with Crippen LogP contribution in [0.4, 0.5) is 0 Å². The molecular weight excluding hydrogens is 392 g/mol. The largest absolute Gasteiger partial charge is 0.364 e. The molecule has 3 nitrogen and oxygen atoms in total. The zero-order valence-corrected chi connectivity index (χ0v) is 16.8. The van der Waals surface area contributed by atoms with Gasteiger partial charge in [-0.15, -0.1) is 0 Å². The van der Waals surface area contributed by atoms with E-state index in [1.54, 1.807) is 0 Å². The van der Waals surface area contributed by atoms with Crippen molar-refractivity contribution in [2.45, 2.75) is 13.8 Å². The molecule has 0 aliphatic carbocycles. The van der Waals surface area contributed by atoms with Gasteiger partial charge in [-0.25, -0.2) is 0 Å². The standard InChI is InChI=1S/C17H19BrN2OS2/c1-11-9-15(16(21)10-23-17(22)19(3)4)12(2)20(11)14-7-5-13(18)6-8-14/h5-9H,10H2,1-4H3. The van der Waals surface area contributed by atoms with Crippen LogP contribution in [0.1, 0.15) is 21.7 Å². The van der Waals surface area contributed by atoms with E-state index in [4.69, 9.17) is 12.2 Å². The third kappa shape index (κ3) is 4.25. The van der Waals surface area contributed by atoms with Crippen molar-refractivity contribution in [2.24, 2.45) is 0 Å². The summed E-state index contributed by atoms with van der Waals surface area (Å²) in [4.78, 5) is 14.4. The summed E-state index contributed by atoms with van der Waals surface area (Å²) in [5.74, 6) is 0.470. The molecule has 0 atom stereocenters. The number of hydrogen-bond acceptors (Lipinski definition) is 3. The molecule has 0 aliphatic rings. The Morgan fingerprint density at radius 2 is 1.87 bits per heavy atom. The topological polar surface area (TPSA) is 25.2 Å². The molecule has 2 rings (SSSR count). The lowest BCUT2D eigenvalue weighted by Gasteiger charge is -2.12. The molecule has 23 heavy (non-hydrogen) atoms. The third-order valence-electron chi connectivity index (χ3n) is 3.51. The maximum Gasteiger partial charge on any atom is 0.174 e. The van der Waals surface area contributed by atoms with Crippen LogP contribution in [0.3, 0.4) is 0 Å². The highest BCUT2D eigenvalue weighted by Crippen LogP contribution is 2.23. The van der Waals surface area contributed by atoms with E-state index >= 15 is 0 Å². The lowest BCUT2D eigenvalue weighted by Crippen LogP contribution is -2.18. The Hall–Kier alpha value is -1.11. The molecular formula is C17H19BrN2OS2. The van der Waals surface area contributed by atoms with Crippen LogP contribution in [0.25, 0.3) is 5.69 Å². The highest BCUT2D eigenvalue weighted by Gasteiger charge is 2.17. The molecule has 0 saturated heterocycles. The SMILES string of the molecule is Cc1cc(C(=O)CSC(=S)N(C)C)c(C)n1-c1ccc(Br)cc1. The Morgan fingerprint density at radius 3 is 2.43 bits per heavy atom. The minimum Gasteiger partial charge on any atom is -0.364 e. The van der Waals surface area contributed by atoms with E-state index < -0.39 is 0 Å². The normalized spacial score (nSPS) is 10.7. The molecule has 0 spiro atoms. The summed E-state index contributed by atoms with van der Waals surface area (Å²) in [6.07, 6.45) is 0. The first-order valence-corrected chi connectivity index (χ1v) is 9.32. The highest BCUT2D eigenvalue weighted by molar-refractivity contribution is 9.10. The second-order valence-corrected chi connectivity index (χ2v) is 7.99. The van der Waals surface area contributed by atoms with Crippen LogP contribution in [0, 0.1) is 13.8 Å². The van der Waals surface area contributed by atoms with Crippen molar-refractivity contribution in [3.05, 3.63) is 51.8 Å². The number of carbonyl (C=O) groups excluding carboxylic acids is 1. The summed E-state index contributed by atoms with van der Waals surface area (Å²) >= 11 is 10.1. The molecule has 0 saturated carbocycles. The molecule has 0 radical (unpaired) electrons. The number of nitrogens with zero attached hydrogens (tertiary/aromatic N) is 2. The van der Waals surface area contributed by atoms with Crippen LogP contribution < -0.4 is 0 Å². The lowest BCUT2D eigenvalue weighted by molar-refractivity contribution is 0.102. The van der Waals surface area contributed by atoms with E-state index in [-0.39, 0.29) is 5.78 Å². The smallest absolute Gasteiger partial charge is 0.174 e. The lowest BCUT2D eigenvalue weighted by atomic mass is 10.2. The number of thioether (sulfide) groups is 1. The molecule has 2 aromatic rings. The fourth-order valence-corrected chi connectivity index (χ4v) is 3.48. The van der Waals surface area contributed by atoms with Gasteiger partial charge in [0, 0.05) is 41.2 Å². The number of ketones is 1. The minimum absolute atomic E-state index is 0.107. The Kier molecular flexibility index (Phi) is 6.06. The van der Waals surface area contributed by atoms with Crippen molar-refractivity contribution in [2.75, 3.05) is 19.8 Å². The third-order valence-corrected chi connectivity index (χ3v) is 5.77. The second kappa shape index (κ2) is 7.64. The van der Waals surface area contributed by atoms with Gasteiger partial charge in [-0.3, -0.25) is 4.79 Å². The quantitative estimate of drug-likeness (QED) is 0.542. The van der Waals surface area contributed by atoms with E-state index in [2.05, 4.69) is 20.5 Å². The zero-order valence-electron chi connectivity index (χ0n) is 13.6. The minimum atomic E-state index is 0.107. The van der Waals surface area contributed by atoms with Crippen molar-refractivity contribution in [1.29, 1.82) is 0 Å². The van der Waals surface area contributed by atoms with E-state index in [0.717, 1.165) is 31.4 Å². The Labute approximate surface area is 155 Å². The number of aryl methyl sites for hydroxylation is 1. The second-order valence-electron chi connectivity index (χ2n) is 5.47. The van der Waals surface area contributed by atoms with Crippen LogP contribution in [-0.2, 0) is 0 Å². The maximum absolute atomic E-state index is 12.5. The van der Waals surface area contributed by atoms with Crippen LogP contribution in [0.5, 0.6) is 0 Å². The summed E-state index contributed by atoms with van der Waals surface area (Å²) in [7, 11) is 3.78. The summed E-state index contributed by atoms with van der Waals surface area (Å²) < 4.78 is 3.86. The van der Waals surface area contributed by atoms with E-state index in [9.17, 15) is 4.79 Å². The molecule has 0 N–H and O–H groups in total. The summed E-state index contributed by atoms with van der Waals surface area (Å²) in [5.41, 5.74) is 3.83. The number of halogens is 1. The molecule has 1 aromatic heterocycles. The molecule has 6 heteroatoms. The average Bonchev–Trinajstić information content (AvgIpc) is 2.80. The van der Waals surface area contributed by atoms with Gasteiger partial charge in [-0.2, -0.15) is 0 Å². The molecule has 0 unspecified atom stereocenters. The fourth-order valence-electron chi connectivity index (χ4n) is 2.37. The van der Waals surface area contributed by atoms with Gasteiger partial charge in [-0.1, -0.05) is 39.9 Å². The zero-order chi connectivity index (χ0) is 17.1. The van der Waals surface area contributed by atoms with Crippen LogP contribution >= 0.6 is 39.9 Å². The van der Waals surface area contributed by atoms with Crippen molar-refractivity contribution >= 4 is 50.0 Å². The number of Topliss-reactive ketones (excluding diaryl/α,β-unsaturated/α-hetero) is 1. The van der Waals surface area contributed by atoms with Gasteiger partial charge in [0.2, 0.25) is 0 Å². The molecule has 1 heterocycles. The molecule has 0 bridgehead atoms. The van der Waals surface area contributed by atoms with Crippen LogP contribution in [-0.4, -0.2) is 39.4 Å². The van der Waals surface area contributed by atoms with Crippen molar-refractivity contribution in [3.63, 3.8) is 0 Å².